The van der Waals surface area contributed by atoms with Crippen molar-refractivity contribution in [1.82, 2.24) is 5.32 Å². The standard InChI is InChI=1S/C69H133NO10/c1-3-5-7-9-11-13-14-37-41-45-49-53-57-65(74)78-58-54-50-46-42-38-35-33-31-29-27-25-23-21-19-17-15-16-18-20-22-24-26-28-30-32-34-36-40-44-48-52-56-64(73)70-61(62(72)55-51-47-43-39-12-10-8-6-4-2)60-79-69-68(77)67(76)66(75)63(59-71)80-69/h51,55,61-63,66-69,71-72,75-77H,3-50,52-54,56-60H2,1-2H3,(H,70,73)/b55-51+. The zero-order valence-corrected chi connectivity index (χ0v) is 52.6. The molecule has 0 aliphatic carbocycles. The van der Waals surface area contributed by atoms with Gasteiger partial charge in [-0.15, -0.1) is 0 Å². The maximum absolute atomic E-state index is 13.0. The monoisotopic (exact) mass is 1140 g/mol. The van der Waals surface area contributed by atoms with Crippen molar-refractivity contribution in [3.8, 4) is 0 Å². The van der Waals surface area contributed by atoms with Crippen LogP contribution in [0, 0.1) is 0 Å². The van der Waals surface area contributed by atoms with Gasteiger partial charge in [0.25, 0.3) is 0 Å². The summed E-state index contributed by atoms with van der Waals surface area (Å²) in [7, 11) is 0. The fraction of sp³-hybridized carbons (Fsp3) is 0.942. The first-order valence-corrected chi connectivity index (χ1v) is 35.0. The summed E-state index contributed by atoms with van der Waals surface area (Å²) in [6.07, 6.45) is 62.2. The number of carbonyl (C=O) groups excluding carboxylic acids is 2. The molecule has 11 heteroatoms. The highest BCUT2D eigenvalue weighted by Crippen LogP contribution is 2.23. The Labute approximate surface area is 493 Å². The Balaban J connectivity index is 1.90. The van der Waals surface area contributed by atoms with Gasteiger partial charge in [0, 0.05) is 12.8 Å². The molecule has 1 aliphatic rings. The highest BCUT2D eigenvalue weighted by Gasteiger charge is 2.44. The van der Waals surface area contributed by atoms with E-state index in [1.54, 1.807) is 6.08 Å². The second-order valence-corrected chi connectivity index (χ2v) is 24.6. The lowest BCUT2D eigenvalue weighted by atomic mass is 9.99. The van der Waals surface area contributed by atoms with Gasteiger partial charge in [-0.1, -0.05) is 321 Å². The van der Waals surface area contributed by atoms with Gasteiger partial charge in [0.2, 0.25) is 5.91 Å². The van der Waals surface area contributed by atoms with Crippen LogP contribution in [0.5, 0.6) is 0 Å². The molecule has 1 aliphatic heterocycles. The molecule has 0 spiro atoms. The number of aliphatic hydroxyl groups is 5. The van der Waals surface area contributed by atoms with E-state index in [1.165, 1.54) is 276 Å². The summed E-state index contributed by atoms with van der Waals surface area (Å²) in [6, 6.07) is -0.804. The molecular formula is C69H133NO10. The van der Waals surface area contributed by atoms with Crippen LogP contribution in [0.1, 0.15) is 354 Å². The minimum absolute atomic E-state index is 0.0141. The molecule has 1 fully saturated rings. The molecule has 0 radical (unpaired) electrons. The maximum Gasteiger partial charge on any atom is 0.305 e. The van der Waals surface area contributed by atoms with Gasteiger partial charge in [-0.2, -0.15) is 0 Å². The molecule has 0 saturated carbocycles. The molecule has 11 nitrogen and oxygen atoms in total. The number of hydrogen-bond donors (Lipinski definition) is 6. The summed E-state index contributed by atoms with van der Waals surface area (Å²) >= 11 is 0. The van der Waals surface area contributed by atoms with Crippen LogP contribution in [0.4, 0.5) is 0 Å². The molecule has 1 saturated heterocycles. The molecule has 1 amide bonds. The number of carbonyl (C=O) groups is 2. The topological polar surface area (TPSA) is 175 Å². The van der Waals surface area contributed by atoms with E-state index in [9.17, 15) is 35.1 Å². The van der Waals surface area contributed by atoms with Crippen LogP contribution in [-0.2, 0) is 23.8 Å². The Morgan fingerprint density at radius 1 is 0.450 bits per heavy atom. The van der Waals surface area contributed by atoms with Crippen molar-refractivity contribution in [3.05, 3.63) is 12.2 Å². The molecule has 0 aromatic heterocycles. The van der Waals surface area contributed by atoms with E-state index in [0.717, 1.165) is 51.4 Å². The number of ether oxygens (including phenoxy) is 3. The second kappa shape index (κ2) is 59.1. The lowest BCUT2D eigenvalue weighted by molar-refractivity contribution is -0.302. The van der Waals surface area contributed by atoms with Crippen molar-refractivity contribution in [2.24, 2.45) is 0 Å². The number of esters is 1. The first-order valence-electron chi connectivity index (χ1n) is 35.0. The van der Waals surface area contributed by atoms with Crippen LogP contribution in [0.15, 0.2) is 12.2 Å². The number of nitrogens with one attached hydrogen (secondary N) is 1. The van der Waals surface area contributed by atoms with E-state index >= 15 is 0 Å². The van der Waals surface area contributed by atoms with Gasteiger partial charge in [-0.3, -0.25) is 9.59 Å². The molecule has 0 bridgehead atoms. The van der Waals surface area contributed by atoms with E-state index in [4.69, 9.17) is 14.2 Å². The quantitative estimate of drug-likeness (QED) is 0.0195. The number of hydrogen-bond acceptors (Lipinski definition) is 10. The smallest absolute Gasteiger partial charge is 0.305 e. The predicted molar refractivity (Wildman–Crippen MR) is 334 cm³/mol. The van der Waals surface area contributed by atoms with E-state index in [0.29, 0.717) is 19.4 Å². The minimum atomic E-state index is -1.57. The molecule has 1 heterocycles. The van der Waals surface area contributed by atoms with Crippen LogP contribution in [0.2, 0.25) is 0 Å². The van der Waals surface area contributed by atoms with Crippen molar-refractivity contribution in [2.45, 2.75) is 397 Å². The second-order valence-electron chi connectivity index (χ2n) is 24.6. The van der Waals surface area contributed by atoms with Crippen LogP contribution < -0.4 is 5.32 Å². The van der Waals surface area contributed by atoms with Crippen molar-refractivity contribution in [3.63, 3.8) is 0 Å². The average Bonchev–Trinajstić information content (AvgIpc) is 3.46. The Morgan fingerprint density at radius 3 is 1.16 bits per heavy atom. The summed E-state index contributed by atoms with van der Waals surface area (Å²) in [5.74, 6) is -0.164. The Hall–Kier alpha value is -1.60. The number of allylic oxidation sites excluding steroid dienone is 1. The number of rotatable bonds is 62. The lowest BCUT2D eigenvalue weighted by Crippen LogP contribution is -2.60. The molecule has 1 rings (SSSR count). The molecule has 474 valence electrons. The number of aliphatic hydroxyl groups excluding tert-OH is 5. The Kier molecular flexibility index (Phi) is 56.5. The van der Waals surface area contributed by atoms with Crippen molar-refractivity contribution in [1.29, 1.82) is 0 Å². The van der Waals surface area contributed by atoms with Crippen molar-refractivity contribution in [2.75, 3.05) is 19.8 Å². The number of amides is 1. The Morgan fingerprint density at radius 2 is 0.787 bits per heavy atom. The largest absolute Gasteiger partial charge is 0.466 e. The molecule has 6 N–H and O–H groups in total. The molecule has 7 atom stereocenters. The molecule has 80 heavy (non-hydrogen) atoms. The van der Waals surface area contributed by atoms with Crippen molar-refractivity contribution < 1.29 is 49.3 Å². The molecule has 0 aromatic carbocycles. The highest BCUT2D eigenvalue weighted by atomic mass is 16.7. The summed E-state index contributed by atoms with van der Waals surface area (Å²) in [4.78, 5) is 25.0. The third-order valence-corrected chi connectivity index (χ3v) is 16.9. The summed E-state index contributed by atoms with van der Waals surface area (Å²) < 4.78 is 16.7. The van der Waals surface area contributed by atoms with Crippen molar-refractivity contribution >= 4 is 11.9 Å². The van der Waals surface area contributed by atoms with Gasteiger partial charge in [-0.05, 0) is 32.1 Å². The number of unbranched alkanes of at least 4 members (excludes halogenated alkanes) is 48. The maximum atomic E-state index is 13.0. The third kappa shape index (κ3) is 47.7. The zero-order chi connectivity index (χ0) is 58.0. The Bertz CT molecular complexity index is 1330. The summed E-state index contributed by atoms with van der Waals surface area (Å²) in [5, 5.41) is 54.3. The van der Waals surface area contributed by atoms with E-state index < -0.39 is 49.5 Å². The fourth-order valence-corrected chi connectivity index (χ4v) is 11.4. The first kappa shape index (κ1) is 76.4. The molecule has 0 aromatic rings. The highest BCUT2D eigenvalue weighted by molar-refractivity contribution is 5.76. The van der Waals surface area contributed by atoms with Crippen LogP contribution in [0.3, 0.4) is 0 Å². The van der Waals surface area contributed by atoms with Gasteiger partial charge in [0.1, 0.15) is 24.4 Å². The van der Waals surface area contributed by atoms with Gasteiger partial charge in [0.15, 0.2) is 6.29 Å². The van der Waals surface area contributed by atoms with Crippen LogP contribution in [-0.4, -0.2) is 100 Å². The van der Waals surface area contributed by atoms with Crippen LogP contribution in [0.25, 0.3) is 0 Å². The van der Waals surface area contributed by atoms with Gasteiger partial charge < -0.3 is 45.1 Å². The SMILES string of the molecule is CCCCCCCCC/C=C/C(O)C(COC1OC(CO)C(O)C(O)C1O)NC(=O)CCCCCCCCCCCCCCCCCCCCCCCCCCCCCCCCCOC(=O)CCCCCCCCCCCCCC. The fourth-order valence-electron chi connectivity index (χ4n) is 11.4. The van der Waals surface area contributed by atoms with E-state index in [-0.39, 0.29) is 18.5 Å². The third-order valence-electron chi connectivity index (χ3n) is 16.9. The molecule has 7 unspecified atom stereocenters. The summed E-state index contributed by atoms with van der Waals surface area (Å²) in [6.45, 7) is 4.36. The molecular weight excluding hydrogens is 1000 g/mol. The normalized spacial score (nSPS) is 18.3. The van der Waals surface area contributed by atoms with Gasteiger partial charge in [-0.25, -0.2) is 0 Å². The van der Waals surface area contributed by atoms with E-state index in [2.05, 4.69) is 19.2 Å². The van der Waals surface area contributed by atoms with Gasteiger partial charge in [0.05, 0.1) is 32.0 Å². The van der Waals surface area contributed by atoms with Gasteiger partial charge >= 0.3 is 5.97 Å². The first-order chi connectivity index (χ1) is 39.2. The predicted octanol–water partition coefficient (Wildman–Crippen LogP) is 17.5. The van der Waals surface area contributed by atoms with Crippen LogP contribution >= 0.6 is 0 Å². The summed E-state index contributed by atoms with van der Waals surface area (Å²) in [5.41, 5.74) is 0. The lowest BCUT2D eigenvalue weighted by Gasteiger charge is -2.40. The average molecular weight is 1140 g/mol. The zero-order valence-electron chi connectivity index (χ0n) is 52.6. The van der Waals surface area contributed by atoms with E-state index in [1.807, 2.05) is 6.08 Å². The minimum Gasteiger partial charge on any atom is -0.466 e.